The highest BCUT2D eigenvalue weighted by Crippen LogP contribution is 2.14. The summed E-state index contributed by atoms with van der Waals surface area (Å²) in [4.78, 5) is 35.7. The van der Waals surface area contributed by atoms with Crippen molar-refractivity contribution in [2.24, 2.45) is 0 Å². The zero-order chi connectivity index (χ0) is 19.1. The van der Waals surface area contributed by atoms with Gasteiger partial charge in [-0.1, -0.05) is 30.3 Å². The molecule has 0 heterocycles. The molecular weight excluding hydrogens is 334 g/mol. The molecule has 0 saturated heterocycles. The molecule has 2 aromatic carbocycles. The minimum Gasteiger partial charge on any atom is -0.479 e. The number of nitrogens with one attached hydrogen (secondary N) is 1. The molecule has 6 nitrogen and oxygen atoms in total. The summed E-state index contributed by atoms with van der Waals surface area (Å²) in [5.41, 5.74) is 0.941. The number of anilines is 1. The van der Waals surface area contributed by atoms with Gasteiger partial charge < -0.3 is 14.8 Å². The Labute approximate surface area is 152 Å². The monoisotopic (exact) mass is 355 g/mol. The number of hydrogen-bond acceptors (Lipinski definition) is 5. The molecule has 2 atom stereocenters. The van der Waals surface area contributed by atoms with Gasteiger partial charge in [0.05, 0.1) is 0 Å². The van der Waals surface area contributed by atoms with Crippen LogP contribution < -0.4 is 10.1 Å². The van der Waals surface area contributed by atoms with Crippen molar-refractivity contribution in [3.8, 4) is 5.75 Å². The number of carbonyl (C=O) groups is 3. The molecule has 0 aromatic heterocycles. The summed E-state index contributed by atoms with van der Waals surface area (Å²) in [5, 5.41) is 2.62. The van der Waals surface area contributed by atoms with E-state index in [0.29, 0.717) is 17.0 Å². The van der Waals surface area contributed by atoms with Crippen LogP contribution in [-0.2, 0) is 14.3 Å². The van der Waals surface area contributed by atoms with E-state index < -0.39 is 24.1 Å². The fourth-order valence-electron chi connectivity index (χ4n) is 2.13. The van der Waals surface area contributed by atoms with Crippen molar-refractivity contribution in [1.29, 1.82) is 0 Å². The van der Waals surface area contributed by atoms with Gasteiger partial charge in [-0.15, -0.1) is 0 Å². The van der Waals surface area contributed by atoms with Gasteiger partial charge in [0.1, 0.15) is 5.75 Å². The van der Waals surface area contributed by atoms with Crippen molar-refractivity contribution >= 4 is 23.3 Å². The van der Waals surface area contributed by atoms with Crippen LogP contribution >= 0.6 is 0 Å². The first-order valence-corrected chi connectivity index (χ1v) is 8.21. The van der Waals surface area contributed by atoms with Gasteiger partial charge in [0.15, 0.2) is 18.0 Å². The van der Waals surface area contributed by atoms with E-state index in [1.54, 1.807) is 55.5 Å². The molecule has 0 bridgehead atoms. The molecule has 1 N–H and O–H groups in total. The Morgan fingerprint density at radius 1 is 0.923 bits per heavy atom. The third-order valence-corrected chi connectivity index (χ3v) is 3.59. The zero-order valence-electron chi connectivity index (χ0n) is 14.9. The maximum Gasteiger partial charge on any atom is 0.347 e. The summed E-state index contributed by atoms with van der Waals surface area (Å²) < 4.78 is 10.6. The van der Waals surface area contributed by atoms with Crippen LogP contribution in [-0.4, -0.2) is 29.9 Å². The Hall–Kier alpha value is -3.15. The second kappa shape index (κ2) is 8.80. The molecule has 2 rings (SSSR count). The van der Waals surface area contributed by atoms with Crippen molar-refractivity contribution in [2.45, 2.75) is 33.0 Å². The standard InChI is InChI=1S/C20H21NO5/c1-13(22)16-8-7-9-17(12-16)21-19(23)14(2)26-20(24)15(3)25-18-10-5-4-6-11-18/h4-12,14-15H,1-3H3,(H,21,23)/t14-,15-/m0/s1. The highest BCUT2D eigenvalue weighted by molar-refractivity contribution is 5.98. The minimum atomic E-state index is -1.01. The number of amides is 1. The Morgan fingerprint density at radius 3 is 2.27 bits per heavy atom. The summed E-state index contributed by atoms with van der Waals surface area (Å²) in [6, 6.07) is 15.4. The lowest BCUT2D eigenvalue weighted by Gasteiger charge is -2.18. The van der Waals surface area contributed by atoms with E-state index in [1.807, 2.05) is 6.07 Å². The average molecular weight is 355 g/mol. The average Bonchev–Trinajstić information content (AvgIpc) is 2.62. The zero-order valence-corrected chi connectivity index (χ0v) is 14.9. The van der Waals surface area contributed by atoms with E-state index in [2.05, 4.69) is 5.32 Å². The predicted octanol–water partition coefficient (Wildman–Crippen LogP) is 3.23. The van der Waals surface area contributed by atoms with E-state index in [9.17, 15) is 14.4 Å². The highest BCUT2D eigenvalue weighted by atomic mass is 16.6. The van der Waals surface area contributed by atoms with E-state index in [4.69, 9.17) is 9.47 Å². The number of hydrogen-bond donors (Lipinski definition) is 1. The molecule has 2 aromatic rings. The maximum absolute atomic E-state index is 12.2. The SMILES string of the molecule is CC(=O)c1cccc(NC(=O)[C@H](C)OC(=O)[C@H](C)Oc2ccccc2)c1. The molecule has 0 aliphatic carbocycles. The highest BCUT2D eigenvalue weighted by Gasteiger charge is 2.23. The second-order valence-electron chi connectivity index (χ2n) is 5.78. The van der Waals surface area contributed by atoms with Crippen LogP contribution in [0.4, 0.5) is 5.69 Å². The third-order valence-electron chi connectivity index (χ3n) is 3.59. The smallest absolute Gasteiger partial charge is 0.347 e. The topological polar surface area (TPSA) is 81.7 Å². The Balaban J connectivity index is 1.90. The Morgan fingerprint density at radius 2 is 1.62 bits per heavy atom. The van der Waals surface area contributed by atoms with Crippen LogP contribution in [0.2, 0.25) is 0 Å². The molecule has 0 fully saturated rings. The van der Waals surface area contributed by atoms with Gasteiger partial charge in [-0.3, -0.25) is 9.59 Å². The molecule has 0 aliphatic heterocycles. The van der Waals surface area contributed by atoms with Crippen molar-refractivity contribution < 1.29 is 23.9 Å². The number of ether oxygens (including phenoxy) is 2. The fraction of sp³-hybridized carbons (Fsp3) is 0.250. The molecule has 136 valence electrons. The molecule has 0 spiro atoms. The predicted molar refractivity (Wildman–Crippen MR) is 97.2 cm³/mol. The van der Waals surface area contributed by atoms with Gasteiger partial charge in [0, 0.05) is 11.3 Å². The number of benzene rings is 2. The van der Waals surface area contributed by atoms with Gasteiger partial charge in [-0.2, -0.15) is 0 Å². The fourth-order valence-corrected chi connectivity index (χ4v) is 2.13. The lowest BCUT2D eigenvalue weighted by atomic mass is 10.1. The molecule has 0 radical (unpaired) electrons. The first kappa shape index (κ1) is 19.2. The Bertz CT molecular complexity index is 788. The molecule has 0 aliphatic rings. The molecule has 6 heteroatoms. The third kappa shape index (κ3) is 5.44. The summed E-state index contributed by atoms with van der Waals surface area (Å²) in [5.74, 6) is -0.706. The summed E-state index contributed by atoms with van der Waals surface area (Å²) in [6.07, 6.45) is -1.86. The van der Waals surface area contributed by atoms with Gasteiger partial charge in [-0.25, -0.2) is 4.79 Å². The normalized spacial score (nSPS) is 12.6. The van der Waals surface area contributed by atoms with E-state index in [-0.39, 0.29) is 5.78 Å². The van der Waals surface area contributed by atoms with Gasteiger partial charge >= 0.3 is 5.97 Å². The molecule has 1 amide bonds. The van der Waals surface area contributed by atoms with Crippen molar-refractivity contribution in [3.05, 3.63) is 60.2 Å². The van der Waals surface area contributed by atoms with Gasteiger partial charge in [-0.05, 0) is 45.0 Å². The lowest BCUT2D eigenvalue weighted by molar-refractivity contribution is -0.159. The quantitative estimate of drug-likeness (QED) is 0.609. The van der Waals surface area contributed by atoms with Crippen LogP contribution in [0.5, 0.6) is 5.75 Å². The van der Waals surface area contributed by atoms with Crippen LogP contribution in [0.15, 0.2) is 54.6 Å². The number of esters is 1. The summed E-state index contributed by atoms with van der Waals surface area (Å²) in [6.45, 7) is 4.47. The Kier molecular flexibility index (Phi) is 6.49. The van der Waals surface area contributed by atoms with Crippen molar-refractivity contribution in [1.82, 2.24) is 0 Å². The van der Waals surface area contributed by atoms with E-state index in [0.717, 1.165) is 0 Å². The maximum atomic E-state index is 12.2. The molecule has 26 heavy (non-hydrogen) atoms. The lowest BCUT2D eigenvalue weighted by Crippen LogP contribution is -2.35. The largest absolute Gasteiger partial charge is 0.479 e. The minimum absolute atomic E-state index is 0.104. The van der Waals surface area contributed by atoms with Gasteiger partial charge in [0.2, 0.25) is 0 Å². The number of carbonyl (C=O) groups excluding carboxylic acids is 3. The van der Waals surface area contributed by atoms with Crippen molar-refractivity contribution in [2.75, 3.05) is 5.32 Å². The second-order valence-corrected chi connectivity index (χ2v) is 5.78. The van der Waals surface area contributed by atoms with E-state index >= 15 is 0 Å². The van der Waals surface area contributed by atoms with Crippen molar-refractivity contribution in [3.63, 3.8) is 0 Å². The first-order valence-electron chi connectivity index (χ1n) is 8.21. The van der Waals surface area contributed by atoms with Crippen LogP contribution in [0.1, 0.15) is 31.1 Å². The van der Waals surface area contributed by atoms with Crippen LogP contribution in [0.3, 0.4) is 0 Å². The van der Waals surface area contributed by atoms with E-state index in [1.165, 1.54) is 13.8 Å². The number of Topliss-reactive ketones (excluding diaryl/α,β-unsaturated/α-hetero) is 1. The first-order chi connectivity index (χ1) is 12.4. The summed E-state index contributed by atoms with van der Waals surface area (Å²) >= 11 is 0. The molecule has 0 saturated carbocycles. The molecular formula is C20H21NO5. The summed E-state index contributed by atoms with van der Waals surface area (Å²) in [7, 11) is 0. The number of para-hydroxylation sites is 1. The van der Waals surface area contributed by atoms with Crippen LogP contribution in [0, 0.1) is 0 Å². The van der Waals surface area contributed by atoms with Gasteiger partial charge in [0.25, 0.3) is 5.91 Å². The molecule has 0 unspecified atom stereocenters. The van der Waals surface area contributed by atoms with Crippen LogP contribution in [0.25, 0.3) is 0 Å². The number of rotatable bonds is 7. The number of ketones is 1.